The van der Waals surface area contributed by atoms with Crippen molar-refractivity contribution in [3.63, 3.8) is 0 Å². The van der Waals surface area contributed by atoms with Crippen LogP contribution < -0.4 is 4.72 Å². The van der Waals surface area contributed by atoms with Gasteiger partial charge >= 0.3 is 5.97 Å². The molecule has 142 valence electrons. The third kappa shape index (κ3) is 4.00. The van der Waals surface area contributed by atoms with E-state index in [0.717, 1.165) is 32.0 Å². The molecule has 8 nitrogen and oxygen atoms in total. The van der Waals surface area contributed by atoms with Gasteiger partial charge < -0.3 is 14.1 Å². The summed E-state index contributed by atoms with van der Waals surface area (Å²) in [5, 5.41) is 9.10. The molecule has 0 saturated carbocycles. The average Bonchev–Trinajstić information content (AvgIpc) is 3.26. The van der Waals surface area contributed by atoms with Crippen molar-refractivity contribution >= 4 is 16.0 Å². The van der Waals surface area contributed by atoms with Gasteiger partial charge in [0.05, 0.1) is 12.3 Å². The van der Waals surface area contributed by atoms with Gasteiger partial charge in [-0.05, 0) is 44.1 Å². The predicted octanol–water partition coefficient (Wildman–Crippen LogP) is 1.82. The summed E-state index contributed by atoms with van der Waals surface area (Å²) in [7, 11) is -2.32. The molecule has 2 aromatic rings. The molecule has 1 aliphatic heterocycles. The number of furan rings is 1. The van der Waals surface area contributed by atoms with E-state index in [4.69, 9.17) is 9.52 Å². The normalized spacial score (nSPS) is 17.3. The van der Waals surface area contributed by atoms with Crippen LogP contribution in [0, 0.1) is 0 Å². The standard InChI is InChI=1S/C17H23N3O5S/c1-19-12-13(10-14(19)17(21)22)26(23,24)18-11-15(16-6-5-9-25-16)20-7-3-2-4-8-20/h5-6,9-10,12,15,18H,2-4,7-8,11H2,1H3,(H,21,22)/t15-/m1/s1. The van der Waals surface area contributed by atoms with Crippen molar-refractivity contribution in [2.75, 3.05) is 19.6 Å². The highest BCUT2D eigenvalue weighted by Crippen LogP contribution is 2.25. The summed E-state index contributed by atoms with van der Waals surface area (Å²) in [5.41, 5.74) is -0.0796. The summed E-state index contributed by atoms with van der Waals surface area (Å²) in [6, 6.07) is 4.60. The minimum atomic E-state index is -3.82. The third-order valence-electron chi connectivity index (χ3n) is 4.68. The van der Waals surface area contributed by atoms with Gasteiger partial charge in [0.1, 0.15) is 16.3 Å². The maximum absolute atomic E-state index is 12.6. The molecule has 1 fully saturated rings. The Kier molecular flexibility index (Phi) is 5.49. The summed E-state index contributed by atoms with van der Waals surface area (Å²) < 4.78 is 34.6. The van der Waals surface area contributed by atoms with Crippen LogP contribution in [0.3, 0.4) is 0 Å². The Morgan fingerprint density at radius 2 is 2.08 bits per heavy atom. The highest BCUT2D eigenvalue weighted by Gasteiger charge is 2.27. The first kappa shape index (κ1) is 18.7. The van der Waals surface area contributed by atoms with Gasteiger partial charge in [-0.3, -0.25) is 4.90 Å². The number of sulfonamides is 1. The van der Waals surface area contributed by atoms with E-state index in [-0.39, 0.29) is 23.2 Å². The van der Waals surface area contributed by atoms with E-state index in [2.05, 4.69) is 9.62 Å². The monoisotopic (exact) mass is 381 g/mol. The zero-order valence-electron chi connectivity index (χ0n) is 14.6. The number of nitrogens with zero attached hydrogens (tertiary/aromatic N) is 2. The molecule has 9 heteroatoms. The second-order valence-corrected chi connectivity index (χ2v) is 8.22. The first-order chi connectivity index (χ1) is 12.4. The molecule has 0 unspecified atom stereocenters. The van der Waals surface area contributed by atoms with E-state index >= 15 is 0 Å². The molecule has 26 heavy (non-hydrogen) atoms. The number of aromatic carboxylic acids is 1. The van der Waals surface area contributed by atoms with Crippen LogP contribution in [0.5, 0.6) is 0 Å². The van der Waals surface area contributed by atoms with Crippen molar-refractivity contribution in [1.29, 1.82) is 0 Å². The lowest BCUT2D eigenvalue weighted by molar-refractivity contribution is 0.0686. The Morgan fingerprint density at radius 1 is 1.35 bits per heavy atom. The zero-order chi connectivity index (χ0) is 18.7. The summed E-state index contributed by atoms with van der Waals surface area (Å²) in [5.74, 6) is -0.454. The van der Waals surface area contributed by atoms with Gasteiger partial charge in [-0.25, -0.2) is 17.9 Å². The van der Waals surface area contributed by atoms with E-state index in [0.29, 0.717) is 5.76 Å². The number of hydrogen-bond acceptors (Lipinski definition) is 5. The molecule has 3 heterocycles. The Labute approximate surface area is 152 Å². The highest BCUT2D eigenvalue weighted by molar-refractivity contribution is 7.89. The van der Waals surface area contributed by atoms with Gasteiger partial charge in [0, 0.05) is 19.8 Å². The third-order valence-corrected chi connectivity index (χ3v) is 6.07. The van der Waals surface area contributed by atoms with Crippen LogP contribution in [-0.2, 0) is 17.1 Å². The molecule has 1 atom stereocenters. The summed E-state index contributed by atoms with van der Waals surface area (Å²) in [4.78, 5) is 13.3. The van der Waals surface area contributed by atoms with Gasteiger partial charge in [-0.1, -0.05) is 6.42 Å². The molecule has 0 bridgehead atoms. The van der Waals surface area contributed by atoms with Crippen molar-refractivity contribution in [1.82, 2.24) is 14.2 Å². The number of likely N-dealkylation sites (tertiary alicyclic amines) is 1. The molecule has 0 aliphatic carbocycles. The van der Waals surface area contributed by atoms with E-state index in [1.165, 1.54) is 24.2 Å². The number of rotatable bonds is 7. The zero-order valence-corrected chi connectivity index (χ0v) is 15.4. The van der Waals surface area contributed by atoms with E-state index in [1.54, 1.807) is 12.3 Å². The maximum Gasteiger partial charge on any atom is 0.352 e. The summed E-state index contributed by atoms with van der Waals surface area (Å²) >= 11 is 0. The van der Waals surface area contributed by atoms with Crippen LogP contribution in [0.4, 0.5) is 0 Å². The van der Waals surface area contributed by atoms with Gasteiger partial charge in [0.2, 0.25) is 10.0 Å². The molecule has 0 spiro atoms. The predicted molar refractivity (Wildman–Crippen MR) is 94.4 cm³/mol. The first-order valence-corrected chi connectivity index (χ1v) is 10.0. The van der Waals surface area contributed by atoms with E-state index < -0.39 is 16.0 Å². The van der Waals surface area contributed by atoms with Crippen LogP contribution in [-0.4, -0.2) is 48.6 Å². The number of carboxylic acids is 1. The Balaban J connectivity index is 1.77. The molecule has 0 radical (unpaired) electrons. The number of carbonyl (C=O) groups is 1. The topological polar surface area (TPSA) is 105 Å². The SMILES string of the molecule is Cn1cc(S(=O)(=O)NC[C@H](c2ccco2)N2CCCCC2)cc1C(=O)O. The van der Waals surface area contributed by atoms with Crippen molar-refractivity contribution in [3.8, 4) is 0 Å². The van der Waals surface area contributed by atoms with E-state index in [1.807, 2.05) is 6.07 Å². The number of nitrogens with one attached hydrogen (secondary N) is 1. The number of hydrogen-bond donors (Lipinski definition) is 2. The molecule has 2 N–H and O–H groups in total. The maximum atomic E-state index is 12.6. The Bertz CT molecular complexity index is 851. The van der Waals surface area contributed by atoms with Crippen LogP contribution in [0.2, 0.25) is 0 Å². The fraction of sp³-hybridized carbons (Fsp3) is 0.471. The van der Waals surface area contributed by atoms with E-state index in [9.17, 15) is 13.2 Å². The molecule has 1 saturated heterocycles. The number of aromatic nitrogens is 1. The smallest absolute Gasteiger partial charge is 0.352 e. The summed E-state index contributed by atoms with van der Waals surface area (Å²) in [6.07, 6.45) is 6.20. The molecule has 2 aromatic heterocycles. The van der Waals surface area contributed by atoms with Crippen LogP contribution in [0.1, 0.15) is 41.6 Å². The lowest BCUT2D eigenvalue weighted by Crippen LogP contribution is -2.40. The largest absolute Gasteiger partial charge is 0.477 e. The fourth-order valence-corrected chi connectivity index (χ4v) is 4.39. The number of piperidine rings is 1. The van der Waals surface area contributed by atoms with Gasteiger partial charge in [-0.15, -0.1) is 0 Å². The first-order valence-electron chi connectivity index (χ1n) is 8.55. The molecular formula is C17H23N3O5S. The Morgan fingerprint density at radius 3 is 2.65 bits per heavy atom. The van der Waals surface area contributed by atoms with Gasteiger partial charge in [0.25, 0.3) is 0 Å². The van der Waals surface area contributed by atoms with Crippen molar-refractivity contribution in [2.24, 2.45) is 7.05 Å². The molecule has 0 aromatic carbocycles. The number of aryl methyl sites for hydroxylation is 1. The highest BCUT2D eigenvalue weighted by atomic mass is 32.2. The van der Waals surface area contributed by atoms with Crippen LogP contribution in [0.15, 0.2) is 40.0 Å². The quantitative estimate of drug-likeness (QED) is 0.758. The van der Waals surface area contributed by atoms with Crippen LogP contribution in [0.25, 0.3) is 0 Å². The second-order valence-electron chi connectivity index (χ2n) is 6.46. The van der Waals surface area contributed by atoms with Gasteiger partial charge in [0.15, 0.2) is 0 Å². The minimum absolute atomic E-state index is 0.0609. The second kappa shape index (κ2) is 7.65. The minimum Gasteiger partial charge on any atom is -0.477 e. The Hall–Kier alpha value is -2.10. The molecular weight excluding hydrogens is 358 g/mol. The van der Waals surface area contributed by atoms with Crippen molar-refractivity contribution in [2.45, 2.75) is 30.2 Å². The summed E-state index contributed by atoms with van der Waals surface area (Å²) in [6.45, 7) is 1.94. The molecule has 0 amide bonds. The fourth-order valence-electron chi connectivity index (χ4n) is 3.29. The van der Waals surface area contributed by atoms with Crippen molar-refractivity contribution in [3.05, 3.63) is 42.1 Å². The molecule has 3 rings (SSSR count). The van der Waals surface area contributed by atoms with Gasteiger partial charge in [-0.2, -0.15) is 0 Å². The van der Waals surface area contributed by atoms with Crippen molar-refractivity contribution < 1.29 is 22.7 Å². The van der Waals surface area contributed by atoms with Crippen LogP contribution >= 0.6 is 0 Å². The lowest BCUT2D eigenvalue weighted by atomic mass is 10.1. The lowest BCUT2D eigenvalue weighted by Gasteiger charge is -2.33. The number of carboxylic acid groups (broad SMARTS) is 1. The average molecular weight is 381 g/mol. The molecule has 1 aliphatic rings.